The number of unbranched alkanes of at least 4 members (excludes halogenated alkanes) is 1. The van der Waals surface area contributed by atoms with E-state index in [2.05, 4.69) is 16.9 Å². The van der Waals surface area contributed by atoms with Gasteiger partial charge in [-0.3, -0.25) is 0 Å². The van der Waals surface area contributed by atoms with E-state index in [9.17, 15) is 0 Å². The number of rotatable bonds is 5. The van der Waals surface area contributed by atoms with Gasteiger partial charge in [-0.25, -0.2) is 9.97 Å². The van der Waals surface area contributed by atoms with Gasteiger partial charge in [0.15, 0.2) is 0 Å². The molecule has 3 heteroatoms. The number of methoxy groups -OCH3 is 1. The number of ether oxygens (including phenoxy) is 1. The molecule has 100 valence electrons. The van der Waals surface area contributed by atoms with Crippen LogP contribution in [0.15, 0.2) is 30.3 Å². The summed E-state index contributed by atoms with van der Waals surface area (Å²) in [5.74, 6) is 1.80. The summed E-state index contributed by atoms with van der Waals surface area (Å²) in [7, 11) is 1.67. The van der Waals surface area contributed by atoms with Crippen LogP contribution >= 0.6 is 0 Å². The molecule has 1 heterocycles. The van der Waals surface area contributed by atoms with Gasteiger partial charge in [0.05, 0.1) is 12.8 Å². The molecule has 19 heavy (non-hydrogen) atoms. The van der Waals surface area contributed by atoms with Gasteiger partial charge in [-0.1, -0.05) is 13.3 Å². The smallest absolute Gasteiger partial charge is 0.129 e. The average Bonchev–Trinajstić information content (AvgIpc) is 2.44. The van der Waals surface area contributed by atoms with Crippen molar-refractivity contribution in [2.75, 3.05) is 7.11 Å². The van der Waals surface area contributed by atoms with Gasteiger partial charge in [0.25, 0.3) is 0 Å². The third-order valence-corrected chi connectivity index (χ3v) is 3.04. The molecule has 0 saturated carbocycles. The van der Waals surface area contributed by atoms with Gasteiger partial charge < -0.3 is 4.74 Å². The summed E-state index contributed by atoms with van der Waals surface area (Å²) >= 11 is 0. The third kappa shape index (κ3) is 3.53. The predicted octanol–water partition coefficient (Wildman–Crippen LogP) is 3.80. The van der Waals surface area contributed by atoms with Gasteiger partial charge in [-0.2, -0.15) is 0 Å². The summed E-state index contributed by atoms with van der Waals surface area (Å²) in [6.07, 6.45) is 3.24. The molecule has 0 bridgehead atoms. The van der Waals surface area contributed by atoms with E-state index < -0.39 is 0 Å². The Morgan fingerprint density at radius 2 is 1.84 bits per heavy atom. The molecular formula is C16H20N2O. The Bertz CT molecular complexity index is 535. The van der Waals surface area contributed by atoms with Crippen molar-refractivity contribution in [1.29, 1.82) is 0 Å². The number of hydrogen-bond donors (Lipinski definition) is 0. The molecule has 0 saturated heterocycles. The van der Waals surface area contributed by atoms with E-state index in [1.54, 1.807) is 7.11 Å². The van der Waals surface area contributed by atoms with Crippen molar-refractivity contribution in [3.05, 3.63) is 41.9 Å². The molecule has 0 spiro atoms. The number of aromatic nitrogens is 2. The molecule has 2 rings (SSSR count). The first-order valence-electron chi connectivity index (χ1n) is 6.72. The van der Waals surface area contributed by atoms with Crippen molar-refractivity contribution in [2.24, 2.45) is 0 Å². The molecule has 0 N–H and O–H groups in total. The van der Waals surface area contributed by atoms with E-state index in [0.29, 0.717) is 0 Å². The van der Waals surface area contributed by atoms with Crippen LogP contribution in [0.5, 0.6) is 5.75 Å². The molecule has 0 unspecified atom stereocenters. The molecule has 0 aliphatic rings. The van der Waals surface area contributed by atoms with Gasteiger partial charge in [0.2, 0.25) is 0 Å². The monoisotopic (exact) mass is 256 g/mol. The van der Waals surface area contributed by atoms with Crippen LogP contribution < -0.4 is 4.74 Å². The Hall–Kier alpha value is -1.90. The summed E-state index contributed by atoms with van der Waals surface area (Å²) in [5.41, 5.74) is 3.11. The van der Waals surface area contributed by atoms with Gasteiger partial charge >= 0.3 is 0 Å². The van der Waals surface area contributed by atoms with Crippen LogP contribution in [0.1, 0.15) is 31.3 Å². The van der Waals surface area contributed by atoms with Gasteiger partial charge in [0.1, 0.15) is 11.6 Å². The van der Waals surface area contributed by atoms with E-state index >= 15 is 0 Å². The maximum absolute atomic E-state index is 5.17. The molecule has 0 amide bonds. The fraction of sp³-hybridized carbons (Fsp3) is 0.375. The molecule has 3 nitrogen and oxygen atoms in total. The van der Waals surface area contributed by atoms with E-state index in [0.717, 1.165) is 47.8 Å². The molecule has 0 aliphatic heterocycles. The third-order valence-electron chi connectivity index (χ3n) is 3.04. The Labute approximate surface area is 114 Å². The standard InChI is InChI=1S/C16H20N2O/c1-4-5-6-16-17-12(2)11-15(18-16)13-7-9-14(19-3)10-8-13/h7-11H,4-6H2,1-3H3. The summed E-state index contributed by atoms with van der Waals surface area (Å²) in [6.45, 7) is 4.20. The minimum absolute atomic E-state index is 0.862. The molecule has 0 aliphatic carbocycles. The summed E-state index contributed by atoms with van der Waals surface area (Å²) in [6, 6.07) is 10.0. The lowest BCUT2D eigenvalue weighted by Crippen LogP contribution is -1.99. The zero-order valence-electron chi connectivity index (χ0n) is 11.8. The lowest BCUT2D eigenvalue weighted by Gasteiger charge is -2.07. The quantitative estimate of drug-likeness (QED) is 0.816. The fourth-order valence-corrected chi connectivity index (χ4v) is 1.99. The van der Waals surface area contributed by atoms with Crippen molar-refractivity contribution in [1.82, 2.24) is 9.97 Å². The van der Waals surface area contributed by atoms with Crippen molar-refractivity contribution in [3.63, 3.8) is 0 Å². The van der Waals surface area contributed by atoms with Gasteiger partial charge in [-0.15, -0.1) is 0 Å². The first-order chi connectivity index (χ1) is 9.22. The first-order valence-corrected chi connectivity index (χ1v) is 6.72. The lowest BCUT2D eigenvalue weighted by atomic mass is 10.1. The van der Waals surface area contributed by atoms with E-state index in [4.69, 9.17) is 4.74 Å². The minimum atomic E-state index is 0.862. The normalized spacial score (nSPS) is 10.5. The molecule has 0 atom stereocenters. The average molecular weight is 256 g/mol. The molecule has 1 aromatic carbocycles. The van der Waals surface area contributed by atoms with E-state index in [1.165, 1.54) is 0 Å². The van der Waals surface area contributed by atoms with Crippen LogP contribution in [-0.2, 0) is 6.42 Å². The molecule has 0 radical (unpaired) electrons. The van der Waals surface area contributed by atoms with Crippen LogP contribution in [0, 0.1) is 6.92 Å². The molecule has 2 aromatic rings. The summed E-state index contributed by atoms with van der Waals surface area (Å²) < 4.78 is 5.17. The Morgan fingerprint density at radius 1 is 1.11 bits per heavy atom. The summed E-state index contributed by atoms with van der Waals surface area (Å²) in [4.78, 5) is 9.14. The largest absolute Gasteiger partial charge is 0.497 e. The SMILES string of the molecule is CCCCc1nc(C)cc(-c2ccc(OC)cc2)n1. The summed E-state index contributed by atoms with van der Waals surface area (Å²) in [5, 5.41) is 0. The molecule has 0 fully saturated rings. The Kier molecular flexibility index (Phi) is 4.50. The van der Waals surface area contributed by atoms with Crippen molar-refractivity contribution in [3.8, 4) is 17.0 Å². The highest BCUT2D eigenvalue weighted by atomic mass is 16.5. The van der Waals surface area contributed by atoms with E-state index in [-0.39, 0.29) is 0 Å². The topological polar surface area (TPSA) is 35.0 Å². The highest BCUT2D eigenvalue weighted by molar-refractivity contribution is 5.60. The highest BCUT2D eigenvalue weighted by Crippen LogP contribution is 2.21. The number of nitrogens with zero attached hydrogens (tertiary/aromatic N) is 2. The number of hydrogen-bond acceptors (Lipinski definition) is 3. The fourth-order valence-electron chi connectivity index (χ4n) is 1.99. The van der Waals surface area contributed by atoms with Crippen molar-refractivity contribution in [2.45, 2.75) is 33.1 Å². The van der Waals surface area contributed by atoms with E-state index in [1.807, 2.05) is 37.3 Å². The van der Waals surface area contributed by atoms with Crippen LogP contribution in [0.3, 0.4) is 0 Å². The maximum Gasteiger partial charge on any atom is 0.129 e. The number of aryl methyl sites for hydroxylation is 2. The zero-order valence-corrected chi connectivity index (χ0v) is 11.8. The van der Waals surface area contributed by atoms with Gasteiger partial charge in [0, 0.05) is 17.7 Å². The van der Waals surface area contributed by atoms with Crippen LogP contribution in [-0.4, -0.2) is 17.1 Å². The first kappa shape index (κ1) is 13.5. The number of benzene rings is 1. The molecular weight excluding hydrogens is 236 g/mol. The maximum atomic E-state index is 5.17. The second-order valence-electron chi connectivity index (χ2n) is 4.64. The van der Waals surface area contributed by atoms with Crippen LogP contribution in [0.4, 0.5) is 0 Å². The predicted molar refractivity (Wildman–Crippen MR) is 77.4 cm³/mol. The second kappa shape index (κ2) is 6.32. The van der Waals surface area contributed by atoms with Gasteiger partial charge in [-0.05, 0) is 43.7 Å². The Balaban J connectivity index is 2.29. The van der Waals surface area contributed by atoms with Crippen molar-refractivity contribution >= 4 is 0 Å². The Morgan fingerprint density at radius 3 is 2.47 bits per heavy atom. The van der Waals surface area contributed by atoms with Crippen LogP contribution in [0.2, 0.25) is 0 Å². The second-order valence-corrected chi connectivity index (χ2v) is 4.64. The minimum Gasteiger partial charge on any atom is -0.497 e. The van der Waals surface area contributed by atoms with Crippen LogP contribution in [0.25, 0.3) is 11.3 Å². The lowest BCUT2D eigenvalue weighted by molar-refractivity contribution is 0.415. The molecule has 1 aromatic heterocycles. The zero-order chi connectivity index (χ0) is 13.7. The highest BCUT2D eigenvalue weighted by Gasteiger charge is 2.05. The van der Waals surface area contributed by atoms with Crippen molar-refractivity contribution < 1.29 is 4.74 Å².